The van der Waals surface area contributed by atoms with Gasteiger partial charge in [-0.05, 0) is 12.1 Å². The van der Waals surface area contributed by atoms with Crippen LogP contribution in [0.2, 0.25) is 0 Å². The molecule has 2 heterocycles. The third-order valence-corrected chi connectivity index (χ3v) is 2.58. The highest BCUT2D eigenvalue weighted by Gasteiger charge is 2.10. The predicted molar refractivity (Wildman–Crippen MR) is 65.5 cm³/mol. The van der Waals surface area contributed by atoms with E-state index in [0.29, 0.717) is 11.0 Å². The molecule has 18 heavy (non-hydrogen) atoms. The molecule has 1 aromatic carbocycles. The average molecular weight is 240 g/mol. The van der Waals surface area contributed by atoms with Crippen molar-refractivity contribution in [3.63, 3.8) is 0 Å². The van der Waals surface area contributed by atoms with Crippen molar-refractivity contribution in [2.24, 2.45) is 0 Å². The molecule has 0 aliphatic heterocycles. The maximum atomic E-state index is 10.7. The van der Waals surface area contributed by atoms with Gasteiger partial charge in [-0.25, -0.2) is 9.67 Å². The molecule has 0 aliphatic carbocycles. The number of aromatic nitrogens is 3. The number of para-hydroxylation sites is 1. The summed E-state index contributed by atoms with van der Waals surface area (Å²) >= 11 is 0. The number of fused-ring (bicyclic) bond motifs is 1. The lowest BCUT2D eigenvalue weighted by Crippen LogP contribution is -1.93. The summed E-state index contributed by atoms with van der Waals surface area (Å²) in [5.41, 5.74) is 1.35. The zero-order valence-electron chi connectivity index (χ0n) is 9.22. The molecule has 0 aliphatic rings. The molecule has 0 bridgehead atoms. The molecule has 0 saturated heterocycles. The van der Waals surface area contributed by atoms with E-state index in [9.17, 15) is 10.1 Å². The second-order valence-corrected chi connectivity index (χ2v) is 3.77. The molecular formula is C12H8N4O2. The first-order chi connectivity index (χ1) is 8.74. The largest absolute Gasteiger partial charge is 0.288 e. The van der Waals surface area contributed by atoms with Gasteiger partial charge in [-0.3, -0.25) is 10.1 Å². The number of hydrogen-bond donors (Lipinski definition) is 0. The number of benzene rings is 1. The van der Waals surface area contributed by atoms with Gasteiger partial charge in [0.25, 0.3) is 5.69 Å². The van der Waals surface area contributed by atoms with Crippen molar-refractivity contribution in [2.75, 3.05) is 0 Å². The molecule has 6 nitrogen and oxygen atoms in total. The standard InChI is InChI=1S/C12H8N4O2/c17-16(18)11-6-9-8-15(14-12(9)13-7-11)10-4-2-1-3-5-10/h1-8H. The van der Waals surface area contributed by atoms with Crippen LogP contribution in [0.15, 0.2) is 48.8 Å². The van der Waals surface area contributed by atoms with Crippen LogP contribution in [-0.4, -0.2) is 19.7 Å². The van der Waals surface area contributed by atoms with E-state index in [1.54, 1.807) is 10.9 Å². The Hall–Kier alpha value is -2.76. The number of pyridine rings is 1. The third kappa shape index (κ3) is 1.69. The number of rotatable bonds is 2. The Kier molecular flexibility index (Phi) is 2.26. The van der Waals surface area contributed by atoms with Crippen molar-refractivity contribution >= 4 is 16.7 Å². The highest BCUT2D eigenvalue weighted by atomic mass is 16.6. The van der Waals surface area contributed by atoms with Gasteiger partial charge in [-0.2, -0.15) is 0 Å². The van der Waals surface area contributed by atoms with Gasteiger partial charge < -0.3 is 0 Å². The Bertz CT molecular complexity index is 721. The fourth-order valence-electron chi connectivity index (χ4n) is 1.72. The highest BCUT2D eigenvalue weighted by molar-refractivity contribution is 5.76. The Morgan fingerprint density at radius 1 is 1.22 bits per heavy atom. The van der Waals surface area contributed by atoms with Crippen LogP contribution in [-0.2, 0) is 0 Å². The topological polar surface area (TPSA) is 73.8 Å². The minimum absolute atomic E-state index is 0.0323. The Morgan fingerprint density at radius 2 is 2.00 bits per heavy atom. The normalized spacial score (nSPS) is 10.7. The van der Waals surface area contributed by atoms with Gasteiger partial charge in [0, 0.05) is 17.6 Å². The molecule has 3 aromatic rings. The van der Waals surface area contributed by atoms with Crippen LogP contribution in [0, 0.1) is 10.1 Å². The van der Waals surface area contributed by atoms with Gasteiger partial charge >= 0.3 is 0 Å². The van der Waals surface area contributed by atoms with Crippen molar-refractivity contribution in [3.8, 4) is 5.69 Å². The van der Waals surface area contributed by atoms with Crippen molar-refractivity contribution in [1.82, 2.24) is 14.8 Å². The molecule has 88 valence electrons. The zero-order chi connectivity index (χ0) is 12.5. The van der Waals surface area contributed by atoms with E-state index < -0.39 is 4.92 Å². The molecule has 0 spiro atoms. The predicted octanol–water partition coefficient (Wildman–Crippen LogP) is 2.33. The van der Waals surface area contributed by atoms with E-state index in [0.717, 1.165) is 5.69 Å². The molecule has 0 saturated carbocycles. The van der Waals surface area contributed by atoms with Crippen LogP contribution >= 0.6 is 0 Å². The van der Waals surface area contributed by atoms with Crippen LogP contribution in [0.25, 0.3) is 16.7 Å². The van der Waals surface area contributed by atoms with Crippen molar-refractivity contribution in [2.45, 2.75) is 0 Å². The Morgan fingerprint density at radius 3 is 2.72 bits per heavy atom. The van der Waals surface area contributed by atoms with Crippen LogP contribution in [0.1, 0.15) is 0 Å². The molecular weight excluding hydrogens is 232 g/mol. The molecule has 0 unspecified atom stereocenters. The van der Waals surface area contributed by atoms with E-state index in [1.165, 1.54) is 12.3 Å². The zero-order valence-corrected chi connectivity index (χ0v) is 9.22. The van der Waals surface area contributed by atoms with Crippen LogP contribution in [0.4, 0.5) is 5.69 Å². The maximum Gasteiger partial charge on any atom is 0.288 e. The third-order valence-electron chi connectivity index (χ3n) is 2.58. The lowest BCUT2D eigenvalue weighted by Gasteiger charge is -1.97. The van der Waals surface area contributed by atoms with Gasteiger partial charge in [0.05, 0.1) is 10.6 Å². The SMILES string of the molecule is O=[N+]([O-])c1cnc2nn(-c3ccccc3)cc2c1. The smallest absolute Gasteiger partial charge is 0.258 e. The van der Waals surface area contributed by atoms with Gasteiger partial charge in [-0.1, -0.05) is 18.2 Å². The molecule has 3 rings (SSSR count). The summed E-state index contributed by atoms with van der Waals surface area (Å²) in [4.78, 5) is 14.2. The summed E-state index contributed by atoms with van der Waals surface area (Å²) in [6.07, 6.45) is 2.94. The van der Waals surface area contributed by atoms with Crippen molar-refractivity contribution in [1.29, 1.82) is 0 Å². The quantitative estimate of drug-likeness (QED) is 0.509. The second kappa shape index (κ2) is 3.92. The second-order valence-electron chi connectivity index (χ2n) is 3.77. The van der Waals surface area contributed by atoms with Crippen LogP contribution < -0.4 is 0 Å². The van der Waals surface area contributed by atoms with Crippen LogP contribution in [0.5, 0.6) is 0 Å². The fraction of sp³-hybridized carbons (Fsp3) is 0. The lowest BCUT2D eigenvalue weighted by atomic mass is 10.3. The summed E-state index contributed by atoms with van der Waals surface area (Å²) in [5, 5.41) is 15.6. The Balaban J connectivity index is 2.14. The van der Waals surface area contributed by atoms with Gasteiger partial charge in [0.1, 0.15) is 6.20 Å². The first-order valence-electron chi connectivity index (χ1n) is 5.29. The maximum absolute atomic E-state index is 10.7. The molecule has 0 N–H and O–H groups in total. The average Bonchev–Trinajstić information content (AvgIpc) is 2.82. The lowest BCUT2D eigenvalue weighted by molar-refractivity contribution is -0.385. The van der Waals surface area contributed by atoms with Gasteiger partial charge in [0.15, 0.2) is 5.65 Å². The molecule has 0 atom stereocenters. The van der Waals surface area contributed by atoms with E-state index in [4.69, 9.17) is 0 Å². The van der Waals surface area contributed by atoms with Gasteiger partial charge in [0.2, 0.25) is 0 Å². The van der Waals surface area contributed by atoms with Crippen molar-refractivity contribution < 1.29 is 4.92 Å². The minimum atomic E-state index is -0.466. The van der Waals surface area contributed by atoms with E-state index >= 15 is 0 Å². The van der Waals surface area contributed by atoms with E-state index in [-0.39, 0.29) is 5.69 Å². The van der Waals surface area contributed by atoms with Crippen LogP contribution in [0.3, 0.4) is 0 Å². The first-order valence-corrected chi connectivity index (χ1v) is 5.29. The molecule has 0 fully saturated rings. The highest BCUT2D eigenvalue weighted by Crippen LogP contribution is 2.18. The van der Waals surface area contributed by atoms with E-state index in [1.807, 2.05) is 30.3 Å². The summed E-state index contributed by atoms with van der Waals surface area (Å²) in [5.74, 6) is 0. The summed E-state index contributed by atoms with van der Waals surface area (Å²) in [6.45, 7) is 0. The fourth-order valence-corrected chi connectivity index (χ4v) is 1.72. The molecule has 6 heteroatoms. The molecule has 0 radical (unpaired) electrons. The summed E-state index contributed by atoms with van der Waals surface area (Å²) in [7, 11) is 0. The Labute approximate surface area is 102 Å². The minimum Gasteiger partial charge on any atom is -0.258 e. The summed E-state index contributed by atoms with van der Waals surface area (Å²) < 4.78 is 1.65. The first kappa shape index (κ1) is 10.4. The van der Waals surface area contributed by atoms with Gasteiger partial charge in [-0.15, -0.1) is 5.10 Å². The summed E-state index contributed by atoms with van der Waals surface area (Å²) in [6, 6.07) is 11.0. The molecule has 2 aromatic heterocycles. The monoisotopic (exact) mass is 240 g/mol. The molecule has 0 amide bonds. The van der Waals surface area contributed by atoms with Crippen molar-refractivity contribution in [3.05, 3.63) is 58.9 Å². The van der Waals surface area contributed by atoms with E-state index in [2.05, 4.69) is 10.1 Å². The number of nitro groups is 1. The number of nitrogens with zero attached hydrogens (tertiary/aromatic N) is 4. The number of hydrogen-bond acceptors (Lipinski definition) is 4.